The van der Waals surface area contributed by atoms with Gasteiger partial charge in [-0.1, -0.05) is 246 Å². The number of hydrogen-bond acceptors (Lipinski definition) is 5. The molecule has 0 aromatic rings. The zero-order valence-electron chi connectivity index (χ0n) is 42.3. The summed E-state index contributed by atoms with van der Waals surface area (Å²) in [7, 11) is 0. The topological polar surface area (TPSA) is 95.9 Å². The Labute approximate surface area is 401 Å². The Kier molecular flexibility index (Phi) is 49.2. The second-order valence-corrected chi connectivity index (χ2v) is 18.0. The number of esters is 1. The molecule has 1 amide bonds. The van der Waals surface area contributed by atoms with E-state index in [2.05, 4.69) is 74.7 Å². The van der Waals surface area contributed by atoms with E-state index in [0.29, 0.717) is 19.3 Å². The molecule has 3 unspecified atom stereocenters. The fourth-order valence-corrected chi connectivity index (χ4v) is 7.70. The van der Waals surface area contributed by atoms with Gasteiger partial charge in [0, 0.05) is 6.42 Å². The van der Waals surface area contributed by atoms with E-state index in [1.807, 2.05) is 48.6 Å². The molecule has 0 spiro atoms. The quantitative estimate of drug-likeness (QED) is 0.0245. The van der Waals surface area contributed by atoms with Gasteiger partial charge in [-0.2, -0.15) is 0 Å². The average Bonchev–Trinajstić information content (AvgIpc) is 3.30. The van der Waals surface area contributed by atoms with Crippen molar-refractivity contribution in [1.82, 2.24) is 5.32 Å². The Hall–Kier alpha value is -3.22. The summed E-state index contributed by atoms with van der Waals surface area (Å²) in [6.07, 6.45) is 69.0. The highest BCUT2D eigenvalue weighted by Gasteiger charge is 2.24. The summed E-state index contributed by atoms with van der Waals surface area (Å²) < 4.78 is 5.89. The van der Waals surface area contributed by atoms with Crippen molar-refractivity contribution in [3.8, 4) is 0 Å². The molecule has 372 valence electrons. The first-order chi connectivity index (χ1) is 32.0. The van der Waals surface area contributed by atoms with Crippen LogP contribution in [0.2, 0.25) is 0 Å². The minimum Gasteiger partial charge on any atom is -0.462 e. The number of hydrogen-bond donors (Lipinski definition) is 3. The summed E-state index contributed by atoms with van der Waals surface area (Å²) in [5, 5.41) is 23.8. The van der Waals surface area contributed by atoms with Gasteiger partial charge in [-0.05, 0) is 77.0 Å². The molecular weight excluding hydrogens is 803 g/mol. The number of carbonyl (C=O) groups excluding carboxylic acids is 2. The molecule has 6 heteroatoms. The van der Waals surface area contributed by atoms with Crippen LogP contribution >= 0.6 is 0 Å². The first kappa shape index (κ1) is 61.8. The van der Waals surface area contributed by atoms with Gasteiger partial charge in [-0.3, -0.25) is 9.59 Å². The molecule has 0 bridgehead atoms. The number of unbranched alkanes of at least 4 members (excludes halogenated alkanes) is 23. The van der Waals surface area contributed by atoms with E-state index in [0.717, 1.165) is 83.5 Å². The van der Waals surface area contributed by atoms with Crippen LogP contribution in [0.25, 0.3) is 0 Å². The van der Waals surface area contributed by atoms with Crippen molar-refractivity contribution >= 4 is 11.9 Å². The molecule has 0 aliphatic carbocycles. The fourth-order valence-electron chi connectivity index (χ4n) is 7.70. The summed E-state index contributed by atoms with van der Waals surface area (Å²) in [4.78, 5) is 26.2. The van der Waals surface area contributed by atoms with E-state index in [1.54, 1.807) is 0 Å². The standard InChI is InChI=1S/C59H101NO5/c1-4-7-10-13-16-19-22-25-27-29-31-34-37-40-43-46-49-52-59(64)65-55(50-47-44-41-38-35-32-24-21-18-15-12-9-6-3)53-58(63)60-56(54-61)57(62)51-48-45-42-39-36-33-30-28-26-23-20-17-14-11-8-5-2/h9,12,15-16,18-19,21,24-25,27,31-32,34-35,38,41,55-57,61-62H,4-8,10-11,13-14,17,20,22-23,26,28-30,33,36-37,39-40,42-54H2,1-3H3,(H,60,63)/b12-9+,18-15+,19-16-,24-21-,27-25-,34-31-,35-32-,41-38+. The van der Waals surface area contributed by atoms with Gasteiger partial charge in [-0.15, -0.1) is 0 Å². The van der Waals surface area contributed by atoms with Crippen LogP contribution in [-0.4, -0.2) is 46.9 Å². The number of nitrogens with one attached hydrogen (secondary N) is 1. The third-order valence-corrected chi connectivity index (χ3v) is 11.8. The minimum absolute atomic E-state index is 0.0145. The lowest BCUT2D eigenvalue weighted by Gasteiger charge is -2.24. The first-order valence-corrected chi connectivity index (χ1v) is 27.0. The second kappa shape index (κ2) is 51.8. The highest BCUT2D eigenvalue weighted by atomic mass is 16.5. The van der Waals surface area contributed by atoms with Crippen LogP contribution in [0.1, 0.15) is 239 Å². The first-order valence-electron chi connectivity index (χ1n) is 27.0. The minimum atomic E-state index is -0.816. The molecule has 0 saturated heterocycles. The molecule has 0 heterocycles. The van der Waals surface area contributed by atoms with E-state index in [9.17, 15) is 19.8 Å². The molecule has 0 aliphatic heterocycles. The van der Waals surface area contributed by atoms with Crippen LogP contribution in [0.5, 0.6) is 0 Å². The molecule has 0 fully saturated rings. The smallest absolute Gasteiger partial charge is 0.306 e. The van der Waals surface area contributed by atoms with Crippen molar-refractivity contribution in [3.05, 3.63) is 97.2 Å². The number of allylic oxidation sites excluding steroid dienone is 16. The number of aliphatic hydroxyl groups is 2. The molecule has 0 aliphatic rings. The van der Waals surface area contributed by atoms with Crippen molar-refractivity contribution < 1.29 is 24.5 Å². The maximum absolute atomic E-state index is 13.2. The fraction of sp³-hybridized carbons (Fsp3) is 0.695. The molecule has 3 atom stereocenters. The van der Waals surface area contributed by atoms with Gasteiger partial charge < -0.3 is 20.3 Å². The van der Waals surface area contributed by atoms with E-state index >= 15 is 0 Å². The van der Waals surface area contributed by atoms with Gasteiger partial charge in [0.05, 0.1) is 25.2 Å². The normalized spacial score (nSPS) is 14.0. The van der Waals surface area contributed by atoms with Gasteiger partial charge in [0.25, 0.3) is 0 Å². The molecule has 3 N–H and O–H groups in total. The largest absolute Gasteiger partial charge is 0.462 e. The lowest BCUT2D eigenvalue weighted by molar-refractivity contribution is -0.151. The Bertz CT molecular complexity index is 1290. The predicted molar refractivity (Wildman–Crippen MR) is 282 cm³/mol. The van der Waals surface area contributed by atoms with E-state index in [1.165, 1.54) is 109 Å². The molecule has 6 nitrogen and oxygen atoms in total. The zero-order chi connectivity index (χ0) is 47.4. The molecular formula is C59H101NO5. The number of ether oxygens (including phenoxy) is 1. The molecule has 0 rings (SSSR count). The lowest BCUT2D eigenvalue weighted by Crippen LogP contribution is -2.46. The van der Waals surface area contributed by atoms with Crippen LogP contribution in [0, 0.1) is 0 Å². The zero-order valence-corrected chi connectivity index (χ0v) is 42.3. The van der Waals surface area contributed by atoms with Gasteiger partial charge >= 0.3 is 5.97 Å². The van der Waals surface area contributed by atoms with Crippen LogP contribution < -0.4 is 5.32 Å². The number of aliphatic hydroxyl groups excluding tert-OH is 2. The summed E-state index contributed by atoms with van der Waals surface area (Å²) in [5.41, 5.74) is 0. The van der Waals surface area contributed by atoms with Gasteiger partial charge in [0.1, 0.15) is 6.10 Å². The van der Waals surface area contributed by atoms with Crippen molar-refractivity contribution in [3.63, 3.8) is 0 Å². The van der Waals surface area contributed by atoms with Crippen molar-refractivity contribution in [1.29, 1.82) is 0 Å². The van der Waals surface area contributed by atoms with Crippen LogP contribution in [0.3, 0.4) is 0 Å². The molecule has 65 heavy (non-hydrogen) atoms. The number of amides is 1. The van der Waals surface area contributed by atoms with Gasteiger partial charge in [0.2, 0.25) is 5.91 Å². The Morgan fingerprint density at radius 3 is 1.45 bits per heavy atom. The van der Waals surface area contributed by atoms with Gasteiger partial charge in [0.15, 0.2) is 0 Å². The molecule has 0 aromatic heterocycles. The van der Waals surface area contributed by atoms with Crippen LogP contribution in [0.4, 0.5) is 0 Å². The van der Waals surface area contributed by atoms with E-state index in [4.69, 9.17) is 4.74 Å². The maximum Gasteiger partial charge on any atom is 0.306 e. The highest BCUT2D eigenvalue weighted by Crippen LogP contribution is 2.17. The van der Waals surface area contributed by atoms with E-state index < -0.39 is 18.2 Å². The molecule has 0 radical (unpaired) electrons. The Balaban J connectivity index is 4.67. The van der Waals surface area contributed by atoms with E-state index in [-0.39, 0.29) is 24.9 Å². The predicted octanol–water partition coefficient (Wildman–Crippen LogP) is 16.5. The van der Waals surface area contributed by atoms with Crippen LogP contribution in [-0.2, 0) is 14.3 Å². The maximum atomic E-state index is 13.2. The molecule has 0 saturated carbocycles. The number of rotatable bonds is 47. The Morgan fingerprint density at radius 2 is 0.908 bits per heavy atom. The van der Waals surface area contributed by atoms with Crippen LogP contribution in [0.15, 0.2) is 97.2 Å². The summed E-state index contributed by atoms with van der Waals surface area (Å²) in [6, 6.07) is -0.735. The third-order valence-electron chi connectivity index (χ3n) is 11.8. The Morgan fingerprint density at radius 1 is 0.477 bits per heavy atom. The number of carbonyl (C=O) groups is 2. The summed E-state index contributed by atoms with van der Waals surface area (Å²) in [5.74, 6) is -0.576. The highest BCUT2D eigenvalue weighted by molar-refractivity contribution is 5.77. The molecule has 0 aromatic carbocycles. The van der Waals surface area contributed by atoms with Crippen molar-refractivity contribution in [2.24, 2.45) is 0 Å². The van der Waals surface area contributed by atoms with Gasteiger partial charge in [-0.25, -0.2) is 0 Å². The second-order valence-electron chi connectivity index (χ2n) is 18.0. The van der Waals surface area contributed by atoms with Crippen molar-refractivity contribution in [2.45, 2.75) is 257 Å². The lowest BCUT2D eigenvalue weighted by atomic mass is 10.0. The third kappa shape index (κ3) is 47.1. The SMILES string of the molecule is CC/C=C/C=C/C=C\C=C/C=C/CCCC(CC(=O)NC(CO)C(O)CCCCCCCCCCCCCCCCCC)OC(=O)CCCCCC/C=C\C/C=C\C/C=C\CCCCC. The average molecular weight is 904 g/mol. The monoisotopic (exact) mass is 904 g/mol. The summed E-state index contributed by atoms with van der Waals surface area (Å²) in [6.45, 7) is 6.29. The van der Waals surface area contributed by atoms with Crippen molar-refractivity contribution in [2.75, 3.05) is 6.61 Å². The summed E-state index contributed by atoms with van der Waals surface area (Å²) >= 11 is 0.